The van der Waals surface area contributed by atoms with E-state index in [1.54, 1.807) is 0 Å². The predicted octanol–water partition coefficient (Wildman–Crippen LogP) is 24.3. The summed E-state index contributed by atoms with van der Waals surface area (Å²) in [6.45, 7) is 32.1. The Morgan fingerprint density at radius 2 is 0.802 bits per heavy atom. The van der Waals surface area contributed by atoms with Gasteiger partial charge in [0.25, 0.3) is 0 Å². The summed E-state index contributed by atoms with van der Waals surface area (Å²) in [7, 11) is 11.4. The molecule has 0 aromatic heterocycles. The van der Waals surface area contributed by atoms with Crippen molar-refractivity contribution in [2.24, 2.45) is 49.0 Å². The number of aryl methyl sites for hydroxylation is 1. The largest absolute Gasteiger partial charge is 1.00 e. The van der Waals surface area contributed by atoms with Gasteiger partial charge in [0.1, 0.15) is 6.29 Å². The van der Waals surface area contributed by atoms with E-state index in [1.807, 2.05) is 74.5 Å². The molecule has 0 amide bonds. The molecule has 1 radical (unpaired) electrons. The van der Waals surface area contributed by atoms with E-state index >= 15 is 0 Å². The number of fused-ring (bicyclic) bond motifs is 15. The van der Waals surface area contributed by atoms with E-state index in [-0.39, 0.29) is 127 Å². The molecule has 0 spiro atoms. The minimum absolute atomic E-state index is 0. The number of halogens is 6. The Morgan fingerprint density at radius 3 is 1.16 bits per heavy atom. The first-order chi connectivity index (χ1) is 60.7. The van der Waals surface area contributed by atoms with Gasteiger partial charge in [-0.05, 0) is 271 Å². The first-order valence-corrected chi connectivity index (χ1v) is 50.0. The molecule has 4 heterocycles. The summed E-state index contributed by atoms with van der Waals surface area (Å²) in [4.78, 5) is 86.3. The minimum atomic E-state index is -0.332. The molecule has 15 atom stereocenters. The minimum Gasteiger partial charge on any atom is -0.373 e. The molecule has 0 saturated heterocycles. The quantitative estimate of drug-likeness (QED) is 0.0101. The Hall–Kier alpha value is -5.69. The summed E-state index contributed by atoms with van der Waals surface area (Å²) in [5.41, 5.74) is 48.9. The van der Waals surface area contributed by atoms with Crippen LogP contribution in [0.25, 0.3) is 36.9 Å². The van der Waals surface area contributed by atoms with Crippen LogP contribution in [0.1, 0.15) is 282 Å². The maximum Gasteiger partial charge on any atom is 1.00 e. The maximum absolute atomic E-state index is 12.0. The number of alkyl halides is 3. The second kappa shape index (κ2) is 53.3. The summed E-state index contributed by atoms with van der Waals surface area (Å²) in [6, 6.07) is 35.3. The van der Waals surface area contributed by atoms with Gasteiger partial charge in [-0.15, -0.1) is 0 Å². The van der Waals surface area contributed by atoms with Crippen LogP contribution < -0.4 is 49.2 Å². The third-order valence-corrected chi connectivity index (χ3v) is 30.7. The third kappa shape index (κ3) is 29.0. The van der Waals surface area contributed by atoms with Gasteiger partial charge in [0, 0.05) is 121 Å². The van der Waals surface area contributed by atoms with E-state index in [0.717, 1.165) is 104 Å². The Balaban J connectivity index is 0.000000275. The molecule has 10 aliphatic rings. The topological polar surface area (TPSA) is 330 Å². The molecule has 25 nitrogen and oxygen atoms in total. The first kappa shape index (κ1) is 116. The van der Waals surface area contributed by atoms with E-state index in [9.17, 15) is 28.8 Å². The van der Waals surface area contributed by atoms with Crippen molar-refractivity contribution in [3.05, 3.63) is 220 Å². The number of rotatable bonds is 14. The van der Waals surface area contributed by atoms with Crippen molar-refractivity contribution < 1.29 is 82.0 Å². The molecular weight excluding hydrogens is 2220 g/mol. The smallest absolute Gasteiger partial charge is 0.373 e. The number of carbonyl (C=O) groups is 6. The Morgan fingerprint density at radius 1 is 0.481 bits per heavy atom. The van der Waals surface area contributed by atoms with Crippen LogP contribution in [0.3, 0.4) is 0 Å². The molecule has 5 fully saturated rings. The molecule has 12 unspecified atom stereocenters. The summed E-state index contributed by atoms with van der Waals surface area (Å²) in [5, 5.41) is 8.08. The number of azide groups is 2. The number of benzene rings is 6. The second-order valence-corrected chi connectivity index (χ2v) is 45.0. The van der Waals surface area contributed by atoms with Gasteiger partial charge in [-0.2, -0.15) is 0 Å². The van der Waals surface area contributed by atoms with Crippen molar-refractivity contribution in [2.75, 3.05) is 81.3 Å². The number of aldehydes is 1. The first-order valence-electron chi connectivity index (χ1n) is 43.4. The second-order valence-electron chi connectivity index (χ2n) is 37.4. The number of hydrogen-bond donors (Lipinski definition) is 1. The van der Waals surface area contributed by atoms with E-state index in [2.05, 4.69) is 299 Å². The van der Waals surface area contributed by atoms with E-state index in [1.165, 1.54) is 125 Å². The molecule has 6 aromatic rings. The number of anilines is 4. The zero-order valence-electron chi connectivity index (χ0n) is 77.4. The van der Waals surface area contributed by atoms with Gasteiger partial charge in [0.05, 0.1) is 92.5 Å². The maximum atomic E-state index is 12.0. The molecule has 5 saturated carbocycles. The molecule has 0 bridgehead atoms. The van der Waals surface area contributed by atoms with Crippen molar-refractivity contribution in [2.45, 2.75) is 253 Å². The van der Waals surface area contributed by atoms with Crippen LogP contribution >= 0.6 is 128 Å². The van der Waals surface area contributed by atoms with Crippen LogP contribution in [0.4, 0.5) is 22.7 Å². The van der Waals surface area contributed by atoms with Gasteiger partial charge in [-0.1, -0.05) is 218 Å². The van der Waals surface area contributed by atoms with Crippen LogP contribution in [-0.4, -0.2) is 154 Å². The SMILES string of the molecule is C.C.CC(C)C=O.COC(=O)c1cc(Br)c2c(c1)C1CCC(I)C1N2CC(C)(C)C.COC(=O)c1cc(Br)c2c(c1)C1CCC(N=[N+]=[N-])C1N2CC(C)C.COC(=O)c1cc(Br)c2c(c1)[C@@H]1CC[C@@H](N=[N+]=[N-])[C@@H]1N2CC(C)C.COC(=O)c1ccc2c(c1)C1CCC(I)C1C2.COC(=O)c1ccc2c(c1)C1CCC(I)C1N2CC(C)(C)C.Cc1ccccc1.[B]=NS.[N-]=[N+]=[N-].[Na+]. The van der Waals surface area contributed by atoms with Gasteiger partial charge in [-0.25, -0.2) is 24.0 Å². The standard InChI is InChI=1S/C18H23BrINO2.C18H24INO2.2C17H21BrN4O2.C14H15IO2.C7H8.C4H8O.2CH4.BHNS.N3.Na/c1-18(2,3)9-21-15-12(11-5-6-14(20)16(11)21)7-10(8-13(15)19)17(22)23-4;1-18(2,3)10-20-15-8-5-11(17(21)22-4)9-13(15)12-6-7-14(19)16(12)20;2*1-9(2)8-22-15-12(6-10(7-13(15)18)17(23)24-3)11-4-5-14(16(11)22)20-21-19;1-17-14(16)9-3-2-8-6-12-10(11(8)7-9)4-5-13(12)15;1-7-5-3-2-4-6-7;1-4(2)3-5;;;1-2-3;1-3-2;/h7-8,11,14,16H,5-6,9H2,1-4H3;5,8-9,12,14,16H,6-7,10H2,1-4H3;2*6-7,9,11,14,16H,4-5,8H2,1-3H3;2-3,7,10,12-13H,4-6H2,1H3;2-6H,1H3;3-4H,1-2H3;2*1H4;3H;;/q;;;;;;;;;;-1;+1/t;;11-,14+,16+;;;;;;;;;/m..0........./s1. The number of esters is 5. The summed E-state index contributed by atoms with van der Waals surface area (Å²) >= 11 is 22.0. The van der Waals surface area contributed by atoms with E-state index < -0.39 is 0 Å². The molecule has 0 N–H and O–H groups in total. The molecule has 34 heteroatoms. The number of methoxy groups -OCH3 is 5. The van der Waals surface area contributed by atoms with Crippen LogP contribution in [0.2, 0.25) is 0 Å². The summed E-state index contributed by atoms with van der Waals surface area (Å²) < 4.78 is 32.0. The predicted molar refractivity (Wildman–Crippen MR) is 564 cm³/mol. The van der Waals surface area contributed by atoms with Crippen molar-refractivity contribution in [3.63, 3.8) is 0 Å². The fourth-order valence-corrected chi connectivity index (χ4v) is 25.7. The normalized spacial score (nSPS) is 22.9. The van der Waals surface area contributed by atoms with Gasteiger partial charge >= 0.3 is 84.2 Å². The summed E-state index contributed by atoms with van der Waals surface area (Å²) in [6.07, 6.45) is 13.3. The summed E-state index contributed by atoms with van der Waals surface area (Å²) in [5.74, 6) is 2.91. The van der Waals surface area contributed by atoms with Crippen molar-refractivity contribution in [1.82, 2.24) is 0 Å². The van der Waals surface area contributed by atoms with Crippen molar-refractivity contribution >= 4 is 195 Å². The van der Waals surface area contributed by atoms with Gasteiger partial charge < -0.3 is 59.1 Å². The molecule has 705 valence electrons. The van der Waals surface area contributed by atoms with Crippen LogP contribution in [0.5, 0.6) is 0 Å². The molecule has 6 aromatic carbocycles. The van der Waals surface area contributed by atoms with Gasteiger partial charge in [0.15, 0.2) is 0 Å². The number of nitrogens with zero attached hydrogens (tertiary/aromatic N) is 14. The van der Waals surface area contributed by atoms with Gasteiger partial charge in [0.2, 0.25) is 0 Å². The van der Waals surface area contributed by atoms with Crippen molar-refractivity contribution in [3.8, 4) is 0 Å². The number of hydrogen-bond acceptors (Lipinski definition) is 19. The number of ether oxygens (including phenoxy) is 5. The van der Waals surface area contributed by atoms with Crippen LogP contribution in [-0.2, 0) is 34.9 Å². The average Bonchev–Trinajstić information content (AvgIpc) is 1.56. The fraction of sp³-hybridized carbons (Fsp3) is 0.567. The average molecular weight is 2350 g/mol. The molecule has 16 rings (SSSR count). The zero-order chi connectivity index (χ0) is 94.7. The third-order valence-electron chi connectivity index (χ3n) is 24.6. The van der Waals surface area contributed by atoms with E-state index in [0.29, 0.717) is 77.3 Å². The van der Waals surface area contributed by atoms with Crippen LogP contribution in [0.15, 0.2) is 131 Å². The number of carbonyl (C=O) groups excluding carboxylic acids is 6. The molecule has 4 aliphatic heterocycles. The molecule has 131 heavy (non-hydrogen) atoms. The van der Waals surface area contributed by atoms with E-state index in [4.69, 9.17) is 45.8 Å². The Labute approximate surface area is 871 Å². The Kier molecular flexibility index (Phi) is 47.1. The number of thiol groups is 1. The Bertz CT molecular complexity index is 4940. The monoisotopic (exact) mass is 2350 g/mol. The fourth-order valence-electron chi connectivity index (χ4n) is 19.9. The van der Waals surface area contributed by atoms with Gasteiger partial charge in [-0.3, -0.25) is 4.91 Å². The molecular formula is C97H129BBr3I3N14NaO11S. The zero-order valence-corrected chi connectivity index (χ0v) is 91.6. The van der Waals surface area contributed by atoms with Crippen LogP contribution in [0, 0.1) is 41.4 Å². The van der Waals surface area contributed by atoms with Crippen molar-refractivity contribution in [1.29, 1.82) is 0 Å². The molecule has 6 aliphatic carbocycles.